The number of nitrogens with one attached hydrogen (secondary N) is 1. The van der Waals surface area contributed by atoms with Crippen LogP contribution in [-0.4, -0.2) is 89.2 Å². The first-order valence-electron chi connectivity index (χ1n) is 14.7. The Kier molecular flexibility index (Phi) is 9.15. The van der Waals surface area contributed by atoms with Crippen LogP contribution in [0.15, 0.2) is 51.5 Å². The smallest absolute Gasteiger partial charge is 0.421 e. The van der Waals surface area contributed by atoms with E-state index in [9.17, 15) is 9.59 Å². The topological polar surface area (TPSA) is 111 Å². The zero-order valence-electron chi connectivity index (χ0n) is 25.5. The highest BCUT2D eigenvalue weighted by atomic mass is 35.5. The van der Waals surface area contributed by atoms with Crippen LogP contribution in [0.25, 0.3) is 0 Å². The molecule has 1 unspecified atom stereocenters. The molecule has 1 aromatic rings. The number of nitrogens with zero attached hydrogens (tertiary/aromatic N) is 4. The summed E-state index contributed by atoms with van der Waals surface area (Å²) >= 11 is 6.63. The van der Waals surface area contributed by atoms with Crippen LogP contribution in [-0.2, 0) is 19.0 Å². The molecule has 1 spiro atoms. The largest absolute Gasteiger partial charge is 0.497 e. The molecule has 12 heteroatoms. The predicted molar refractivity (Wildman–Crippen MR) is 165 cm³/mol. The number of amides is 3. The molecule has 5 rings (SSSR count). The van der Waals surface area contributed by atoms with Gasteiger partial charge in [-0.25, -0.2) is 19.3 Å². The molecule has 3 amide bonds. The average molecular weight is 615 g/mol. The summed E-state index contributed by atoms with van der Waals surface area (Å²) in [7, 11) is 5.15. The molecule has 0 aromatic heterocycles. The number of rotatable bonds is 8. The lowest BCUT2D eigenvalue weighted by Gasteiger charge is -2.47. The zero-order valence-corrected chi connectivity index (χ0v) is 26.3. The maximum atomic E-state index is 12.8. The first-order chi connectivity index (χ1) is 20.5. The molecule has 43 heavy (non-hydrogen) atoms. The minimum absolute atomic E-state index is 0.00447. The van der Waals surface area contributed by atoms with Crippen LogP contribution in [0.1, 0.15) is 39.5 Å². The summed E-state index contributed by atoms with van der Waals surface area (Å²) in [5.74, 6) is 1.93. The van der Waals surface area contributed by atoms with E-state index in [4.69, 9.17) is 30.5 Å². The van der Waals surface area contributed by atoms with Gasteiger partial charge in [0.1, 0.15) is 22.9 Å². The number of urea groups is 1. The summed E-state index contributed by atoms with van der Waals surface area (Å²) in [6.07, 6.45) is 5.98. The third-order valence-electron chi connectivity index (χ3n) is 8.47. The van der Waals surface area contributed by atoms with Gasteiger partial charge in [0.15, 0.2) is 11.4 Å². The van der Waals surface area contributed by atoms with E-state index in [2.05, 4.69) is 15.3 Å². The van der Waals surface area contributed by atoms with Gasteiger partial charge in [0.25, 0.3) is 0 Å². The Hall–Kier alpha value is -3.41. The number of hydrogen-bond donors (Lipinski definition) is 1. The Labute approximate surface area is 257 Å². The third-order valence-corrected chi connectivity index (χ3v) is 8.77. The van der Waals surface area contributed by atoms with Gasteiger partial charge in [-0.3, -0.25) is 4.79 Å². The van der Waals surface area contributed by atoms with Gasteiger partial charge < -0.3 is 29.2 Å². The van der Waals surface area contributed by atoms with Crippen molar-refractivity contribution in [2.45, 2.75) is 45.6 Å². The summed E-state index contributed by atoms with van der Waals surface area (Å²) in [5, 5.41) is 3.33. The van der Waals surface area contributed by atoms with E-state index in [0.29, 0.717) is 52.1 Å². The highest BCUT2D eigenvalue weighted by Crippen LogP contribution is 2.39. The number of piperidine rings is 1. The zero-order chi connectivity index (χ0) is 30.8. The number of methoxy groups -OCH3 is 1. The number of allylic oxidation sites excluding steroid dienone is 2. The van der Waals surface area contributed by atoms with Crippen molar-refractivity contribution in [2.24, 2.45) is 21.3 Å². The molecule has 0 saturated carbocycles. The molecular weight excluding hydrogens is 574 g/mol. The van der Waals surface area contributed by atoms with Gasteiger partial charge in [-0.15, -0.1) is 0 Å². The Balaban J connectivity index is 1.19. The SMILES string of the molecule is COC1=C(OCCC(=O)N2CCC3(CC2)COC3)C=C2N=CN=C(Oc3ccc([N+](C)(C)C(=O)NC(C)C)c(Cl)c3)C2C1. The molecule has 0 radical (unpaired) electrons. The van der Waals surface area contributed by atoms with Gasteiger partial charge in [0.2, 0.25) is 11.8 Å². The van der Waals surface area contributed by atoms with Crippen LogP contribution in [0.4, 0.5) is 10.5 Å². The molecule has 0 bridgehead atoms. The van der Waals surface area contributed by atoms with Crippen molar-refractivity contribution in [1.82, 2.24) is 14.7 Å². The second kappa shape index (κ2) is 12.7. The number of benzene rings is 1. The molecule has 1 N–H and O–H groups in total. The second-order valence-electron chi connectivity index (χ2n) is 12.3. The fourth-order valence-electron chi connectivity index (χ4n) is 5.65. The van der Waals surface area contributed by atoms with E-state index in [0.717, 1.165) is 44.8 Å². The lowest BCUT2D eigenvalue weighted by atomic mass is 9.77. The molecule has 4 aliphatic rings. The minimum Gasteiger partial charge on any atom is -0.497 e. The van der Waals surface area contributed by atoms with Gasteiger partial charge in [-0.1, -0.05) is 11.6 Å². The van der Waals surface area contributed by atoms with Gasteiger partial charge in [0, 0.05) is 49.2 Å². The van der Waals surface area contributed by atoms with Gasteiger partial charge in [-0.05, 0) is 32.8 Å². The second-order valence-corrected chi connectivity index (χ2v) is 12.7. The monoisotopic (exact) mass is 614 g/mol. The summed E-state index contributed by atoms with van der Waals surface area (Å²) in [6, 6.07) is 5.07. The molecule has 1 aromatic carbocycles. The standard InChI is InChI=1S/C31H40ClN5O6/c1-20(2)35-30(39)37(3,4)25-7-6-21(14-23(25)32)43-29-22-15-26(40-5)27(16-24(22)33-19-34-29)42-13-8-28(38)36-11-9-31(10-12-36)17-41-18-31/h6-7,14,16,19-20,22H,8-13,15,17-18H2,1-5H3/p+1. The van der Waals surface area contributed by atoms with E-state index in [-0.39, 0.29) is 35.0 Å². The number of likely N-dealkylation sites (tertiary alicyclic amines) is 1. The van der Waals surface area contributed by atoms with E-state index in [1.165, 1.54) is 6.34 Å². The molecule has 3 heterocycles. The van der Waals surface area contributed by atoms with Crippen molar-refractivity contribution < 1.29 is 28.5 Å². The van der Waals surface area contributed by atoms with E-state index in [1.54, 1.807) is 39.4 Å². The maximum Gasteiger partial charge on any atom is 0.421 e. The van der Waals surface area contributed by atoms with Crippen molar-refractivity contribution in [2.75, 3.05) is 54.1 Å². The van der Waals surface area contributed by atoms with Crippen molar-refractivity contribution in [1.29, 1.82) is 0 Å². The molecule has 2 saturated heterocycles. The van der Waals surface area contributed by atoms with Crippen LogP contribution in [0.2, 0.25) is 5.02 Å². The molecule has 2 fully saturated rings. The summed E-state index contributed by atoms with van der Waals surface area (Å²) in [6.45, 7) is 7.25. The number of ether oxygens (including phenoxy) is 4. The van der Waals surface area contributed by atoms with Crippen molar-refractivity contribution in [3.8, 4) is 5.75 Å². The molecule has 3 aliphatic heterocycles. The predicted octanol–water partition coefficient (Wildman–Crippen LogP) is 4.65. The van der Waals surface area contributed by atoms with Crippen LogP contribution in [0, 0.1) is 11.3 Å². The van der Waals surface area contributed by atoms with Crippen molar-refractivity contribution in [3.05, 3.63) is 46.5 Å². The van der Waals surface area contributed by atoms with Gasteiger partial charge in [-0.2, -0.15) is 0 Å². The average Bonchev–Trinajstić information content (AvgIpc) is 2.95. The van der Waals surface area contributed by atoms with Crippen LogP contribution in [0.3, 0.4) is 0 Å². The van der Waals surface area contributed by atoms with Crippen LogP contribution < -0.4 is 14.5 Å². The normalized spacial score (nSPS) is 21.1. The summed E-state index contributed by atoms with van der Waals surface area (Å²) < 4.78 is 23.2. The van der Waals surface area contributed by atoms with Crippen molar-refractivity contribution in [3.63, 3.8) is 0 Å². The quantitative estimate of drug-likeness (QED) is 0.427. The highest BCUT2D eigenvalue weighted by molar-refractivity contribution is 6.33. The van der Waals surface area contributed by atoms with Crippen molar-refractivity contribution >= 4 is 41.5 Å². The number of fused-ring (bicyclic) bond motifs is 1. The molecule has 1 atom stereocenters. The maximum absolute atomic E-state index is 12.8. The lowest BCUT2D eigenvalue weighted by Crippen LogP contribution is -2.54. The summed E-state index contributed by atoms with van der Waals surface area (Å²) in [4.78, 5) is 36.3. The molecule has 1 aliphatic carbocycles. The van der Waals surface area contributed by atoms with Gasteiger partial charge >= 0.3 is 6.03 Å². The number of hydrogen-bond acceptors (Lipinski definition) is 8. The number of aliphatic imine (C=N–C) groups is 2. The Morgan fingerprint density at radius 2 is 1.98 bits per heavy atom. The van der Waals surface area contributed by atoms with Gasteiger partial charge in [0.05, 0.1) is 59.1 Å². The number of quaternary nitrogens is 1. The highest BCUT2D eigenvalue weighted by Gasteiger charge is 2.42. The number of carbonyl (C=O) groups excluding carboxylic acids is 2. The van der Waals surface area contributed by atoms with Crippen LogP contribution in [0.5, 0.6) is 5.75 Å². The third kappa shape index (κ3) is 6.73. The van der Waals surface area contributed by atoms with E-state index >= 15 is 0 Å². The fraction of sp³-hybridized carbons (Fsp3) is 0.548. The number of carbonyl (C=O) groups is 2. The van der Waals surface area contributed by atoms with E-state index < -0.39 is 0 Å². The first-order valence-corrected chi connectivity index (χ1v) is 15.1. The lowest BCUT2D eigenvalue weighted by molar-refractivity contribution is -0.153. The Morgan fingerprint density at radius 1 is 1.23 bits per heavy atom. The van der Waals surface area contributed by atoms with E-state index in [1.807, 2.05) is 24.8 Å². The Morgan fingerprint density at radius 3 is 2.60 bits per heavy atom. The van der Waals surface area contributed by atoms with Crippen LogP contribution >= 0.6 is 11.6 Å². The first kappa shape index (κ1) is 31.0. The number of halogens is 1. The summed E-state index contributed by atoms with van der Waals surface area (Å²) in [5.41, 5.74) is 1.65. The molecular formula is C31H41ClN5O6+. The molecule has 11 nitrogen and oxygen atoms in total. The Bertz CT molecular complexity index is 1370. The minimum atomic E-state index is -0.285. The fourth-order valence-corrected chi connectivity index (χ4v) is 6.03. The molecule has 232 valence electrons.